The molecule has 1 atom stereocenters. The number of hydrogen-bond donors (Lipinski definition) is 0. The van der Waals surface area contributed by atoms with E-state index in [9.17, 15) is 4.79 Å². The molecule has 1 unspecified atom stereocenters. The van der Waals surface area contributed by atoms with Crippen LogP contribution in [0.15, 0.2) is 24.3 Å². The first kappa shape index (κ1) is 15.0. The summed E-state index contributed by atoms with van der Waals surface area (Å²) in [7, 11) is 1.38. The molecule has 0 fully saturated rings. The van der Waals surface area contributed by atoms with Gasteiger partial charge in [0.05, 0.1) is 13.7 Å². The van der Waals surface area contributed by atoms with Crippen LogP contribution in [0.25, 0.3) is 0 Å². The van der Waals surface area contributed by atoms with Crippen molar-refractivity contribution in [2.45, 2.75) is 38.9 Å². The first-order valence-electron chi connectivity index (χ1n) is 6.11. The number of unbranched alkanes of at least 4 members (excludes halogenated alkanes) is 1. The summed E-state index contributed by atoms with van der Waals surface area (Å²) in [4.78, 5) is 11.5. The lowest BCUT2D eigenvalue weighted by Crippen LogP contribution is -2.25. The Balaban J connectivity index is 2.56. The van der Waals surface area contributed by atoms with Crippen molar-refractivity contribution >= 4 is 17.6 Å². The van der Waals surface area contributed by atoms with Gasteiger partial charge in [-0.05, 0) is 18.1 Å². The number of methoxy groups -OCH3 is 1. The van der Waals surface area contributed by atoms with Gasteiger partial charge in [0.15, 0.2) is 6.10 Å². The zero-order valence-corrected chi connectivity index (χ0v) is 11.6. The van der Waals surface area contributed by atoms with Crippen molar-refractivity contribution in [2.24, 2.45) is 0 Å². The SMILES string of the molecule is CCCCC(OCc1ccccc1Cl)C(=O)OC. The van der Waals surface area contributed by atoms with Crippen molar-refractivity contribution in [3.63, 3.8) is 0 Å². The van der Waals surface area contributed by atoms with E-state index in [0.717, 1.165) is 18.4 Å². The molecule has 0 aliphatic carbocycles. The molecule has 0 radical (unpaired) electrons. The molecule has 4 heteroatoms. The largest absolute Gasteiger partial charge is 0.467 e. The minimum Gasteiger partial charge on any atom is -0.467 e. The molecule has 1 rings (SSSR count). The van der Waals surface area contributed by atoms with Gasteiger partial charge in [-0.2, -0.15) is 0 Å². The van der Waals surface area contributed by atoms with Gasteiger partial charge in [-0.1, -0.05) is 49.6 Å². The summed E-state index contributed by atoms with van der Waals surface area (Å²) >= 11 is 6.03. The maximum atomic E-state index is 11.5. The van der Waals surface area contributed by atoms with Crippen molar-refractivity contribution in [1.82, 2.24) is 0 Å². The Bertz CT molecular complexity index is 379. The maximum Gasteiger partial charge on any atom is 0.334 e. The minimum absolute atomic E-state index is 0.323. The number of carbonyl (C=O) groups excluding carboxylic acids is 1. The third kappa shape index (κ3) is 4.67. The van der Waals surface area contributed by atoms with Crippen LogP contribution in [-0.4, -0.2) is 19.2 Å². The molecule has 3 nitrogen and oxygen atoms in total. The highest BCUT2D eigenvalue weighted by molar-refractivity contribution is 6.31. The smallest absolute Gasteiger partial charge is 0.334 e. The molecule has 0 heterocycles. The highest BCUT2D eigenvalue weighted by atomic mass is 35.5. The number of hydrogen-bond acceptors (Lipinski definition) is 3. The lowest BCUT2D eigenvalue weighted by Gasteiger charge is -2.15. The molecule has 0 aliphatic rings. The highest BCUT2D eigenvalue weighted by Gasteiger charge is 2.19. The van der Waals surface area contributed by atoms with E-state index in [-0.39, 0.29) is 5.97 Å². The van der Waals surface area contributed by atoms with Crippen molar-refractivity contribution in [3.05, 3.63) is 34.9 Å². The predicted molar refractivity (Wildman–Crippen MR) is 71.6 cm³/mol. The van der Waals surface area contributed by atoms with Gasteiger partial charge in [-0.15, -0.1) is 0 Å². The van der Waals surface area contributed by atoms with Crippen LogP contribution in [-0.2, 0) is 20.9 Å². The van der Waals surface area contributed by atoms with Crippen LogP contribution in [0, 0.1) is 0 Å². The van der Waals surface area contributed by atoms with Crippen LogP contribution in [0.5, 0.6) is 0 Å². The van der Waals surface area contributed by atoms with E-state index in [1.807, 2.05) is 18.2 Å². The van der Waals surface area contributed by atoms with E-state index in [2.05, 4.69) is 6.92 Å². The molecule has 100 valence electrons. The fourth-order valence-electron chi connectivity index (χ4n) is 1.60. The second kappa shape index (κ2) is 8.11. The second-order valence-electron chi connectivity index (χ2n) is 4.06. The van der Waals surface area contributed by atoms with Gasteiger partial charge >= 0.3 is 5.97 Å². The zero-order valence-electron chi connectivity index (χ0n) is 10.8. The first-order valence-corrected chi connectivity index (χ1v) is 6.49. The number of esters is 1. The minimum atomic E-state index is -0.508. The van der Waals surface area contributed by atoms with Crippen molar-refractivity contribution in [2.75, 3.05) is 7.11 Å². The molecule has 0 spiro atoms. The van der Waals surface area contributed by atoms with Crippen LogP contribution in [0.1, 0.15) is 31.7 Å². The molecule has 0 bridgehead atoms. The van der Waals surface area contributed by atoms with Crippen molar-refractivity contribution in [1.29, 1.82) is 0 Å². The van der Waals surface area contributed by atoms with E-state index >= 15 is 0 Å². The average molecular weight is 271 g/mol. The topological polar surface area (TPSA) is 35.5 Å². The molecule has 0 amide bonds. The summed E-state index contributed by atoms with van der Waals surface area (Å²) in [5.41, 5.74) is 0.879. The van der Waals surface area contributed by atoms with E-state index in [4.69, 9.17) is 21.1 Å². The van der Waals surface area contributed by atoms with Gasteiger partial charge in [0, 0.05) is 5.02 Å². The summed E-state index contributed by atoms with van der Waals surface area (Å²) in [6, 6.07) is 7.44. The fraction of sp³-hybridized carbons (Fsp3) is 0.500. The zero-order chi connectivity index (χ0) is 13.4. The third-order valence-electron chi connectivity index (χ3n) is 2.68. The molecule has 0 saturated carbocycles. The average Bonchev–Trinajstić information content (AvgIpc) is 2.40. The quantitative estimate of drug-likeness (QED) is 0.711. The molecule has 0 N–H and O–H groups in total. The van der Waals surface area contributed by atoms with Gasteiger partial charge in [0.2, 0.25) is 0 Å². The van der Waals surface area contributed by atoms with Crippen LogP contribution in [0.3, 0.4) is 0 Å². The molecule has 18 heavy (non-hydrogen) atoms. The Morgan fingerprint density at radius 1 is 1.39 bits per heavy atom. The van der Waals surface area contributed by atoms with E-state index in [1.54, 1.807) is 6.07 Å². The van der Waals surface area contributed by atoms with Crippen LogP contribution < -0.4 is 0 Å². The number of rotatable bonds is 7. The summed E-state index contributed by atoms with van der Waals surface area (Å²) < 4.78 is 10.3. The van der Waals surface area contributed by atoms with Gasteiger partial charge in [-0.3, -0.25) is 0 Å². The normalized spacial score (nSPS) is 12.2. The van der Waals surface area contributed by atoms with Crippen molar-refractivity contribution < 1.29 is 14.3 Å². The van der Waals surface area contributed by atoms with Gasteiger partial charge in [0.1, 0.15) is 0 Å². The summed E-state index contributed by atoms with van der Waals surface area (Å²) in [6.45, 7) is 2.39. The Morgan fingerprint density at radius 3 is 2.72 bits per heavy atom. The lowest BCUT2D eigenvalue weighted by molar-refractivity contribution is -0.155. The van der Waals surface area contributed by atoms with Crippen LogP contribution in [0.2, 0.25) is 5.02 Å². The summed E-state index contributed by atoms with van der Waals surface area (Å²) in [5, 5.41) is 0.650. The molecular formula is C14H19ClO3. The van der Waals surface area contributed by atoms with Crippen molar-refractivity contribution in [3.8, 4) is 0 Å². The van der Waals surface area contributed by atoms with E-state index in [0.29, 0.717) is 18.1 Å². The second-order valence-corrected chi connectivity index (χ2v) is 4.46. The van der Waals surface area contributed by atoms with E-state index < -0.39 is 6.10 Å². The van der Waals surface area contributed by atoms with Gasteiger partial charge in [-0.25, -0.2) is 4.79 Å². The molecule has 1 aromatic rings. The standard InChI is InChI=1S/C14H19ClO3/c1-3-4-9-13(14(16)17-2)18-10-11-7-5-6-8-12(11)15/h5-8,13H,3-4,9-10H2,1-2H3. The number of benzene rings is 1. The number of ether oxygens (including phenoxy) is 2. The molecule has 0 aromatic heterocycles. The highest BCUT2D eigenvalue weighted by Crippen LogP contribution is 2.17. The van der Waals surface area contributed by atoms with Crippen LogP contribution >= 0.6 is 11.6 Å². The molecule has 0 saturated heterocycles. The summed E-state index contributed by atoms with van der Waals surface area (Å²) in [6.07, 6.45) is 2.12. The predicted octanol–water partition coefficient (Wildman–Crippen LogP) is 3.59. The van der Waals surface area contributed by atoms with E-state index in [1.165, 1.54) is 7.11 Å². The summed E-state index contributed by atoms with van der Waals surface area (Å²) in [5.74, 6) is -0.324. The fourth-order valence-corrected chi connectivity index (χ4v) is 1.79. The molecule has 0 aliphatic heterocycles. The Hall–Kier alpha value is -1.06. The molecule has 1 aromatic carbocycles. The first-order chi connectivity index (χ1) is 8.69. The number of carbonyl (C=O) groups is 1. The Labute approximate surface area is 113 Å². The third-order valence-corrected chi connectivity index (χ3v) is 3.05. The van der Waals surface area contributed by atoms with Crippen LogP contribution in [0.4, 0.5) is 0 Å². The maximum absolute atomic E-state index is 11.5. The Kier molecular flexibility index (Phi) is 6.76. The number of halogens is 1. The lowest BCUT2D eigenvalue weighted by atomic mass is 10.1. The Morgan fingerprint density at radius 2 is 2.11 bits per heavy atom. The van der Waals surface area contributed by atoms with Gasteiger partial charge < -0.3 is 9.47 Å². The van der Waals surface area contributed by atoms with Gasteiger partial charge in [0.25, 0.3) is 0 Å². The molecular weight excluding hydrogens is 252 g/mol. The monoisotopic (exact) mass is 270 g/mol.